The van der Waals surface area contributed by atoms with Crippen molar-refractivity contribution < 1.29 is 10.0 Å². The average molecular weight is 266 g/mol. The molecule has 2 N–H and O–H groups in total. The second-order valence-corrected chi connectivity index (χ2v) is 3.94. The van der Waals surface area contributed by atoms with Crippen molar-refractivity contribution in [3.63, 3.8) is 0 Å². The molecule has 0 saturated carbocycles. The molecule has 15 heavy (non-hydrogen) atoms. The summed E-state index contributed by atoms with van der Waals surface area (Å²) >= 11 is 3.38. The van der Waals surface area contributed by atoms with E-state index in [1.807, 2.05) is 24.3 Å². The lowest BCUT2D eigenvalue weighted by atomic mass is 10.0. The van der Waals surface area contributed by atoms with E-state index in [1.54, 1.807) is 17.6 Å². The van der Waals surface area contributed by atoms with Gasteiger partial charge in [0.2, 0.25) is 0 Å². The minimum Gasteiger partial charge on any atom is -0.288 e. The molecular weight excluding hydrogens is 258 g/mol. The maximum absolute atomic E-state index is 11.4. The zero-order valence-corrected chi connectivity index (χ0v) is 9.28. The van der Waals surface area contributed by atoms with Crippen LogP contribution in [0.5, 0.6) is 0 Å². The summed E-state index contributed by atoms with van der Waals surface area (Å²) in [6, 6.07) is 11.0. The number of amides is 1. The molecule has 0 bridgehead atoms. The molecule has 0 aliphatic heterocycles. The van der Waals surface area contributed by atoms with Crippen LogP contribution in [0.2, 0.25) is 0 Å². The van der Waals surface area contributed by atoms with E-state index in [4.69, 9.17) is 5.21 Å². The quantitative estimate of drug-likeness (QED) is 0.616. The molecule has 0 unspecified atom stereocenters. The zero-order chi connectivity index (χ0) is 10.8. The lowest BCUT2D eigenvalue weighted by Gasteiger charge is -2.06. The van der Waals surface area contributed by atoms with Gasteiger partial charge >= 0.3 is 0 Å². The van der Waals surface area contributed by atoms with E-state index < -0.39 is 5.91 Å². The van der Waals surface area contributed by atoms with Crippen LogP contribution in [0.15, 0.2) is 40.9 Å². The third-order valence-corrected chi connectivity index (χ3v) is 2.86. The molecule has 0 heterocycles. The summed E-state index contributed by atoms with van der Waals surface area (Å²) in [5.41, 5.74) is 2.09. The number of benzene rings is 2. The zero-order valence-electron chi connectivity index (χ0n) is 7.70. The molecule has 2 aromatic carbocycles. The van der Waals surface area contributed by atoms with Gasteiger partial charge in [0.15, 0.2) is 0 Å². The van der Waals surface area contributed by atoms with Gasteiger partial charge in [0.05, 0.1) is 5.56 Å². The van der Waals surface area contributed by atoms with E-state index in [0.717, 1.165) is 15.2 Å². The highest BCUT2D eigenvalue weighted by molar-refractivity contribution is 9.10. The first-order valence-electron chi connectivity index (χ1n) is 4.35. The van der Waals surface area contributed by atoms with Gasteiger partial charge in [0.25, 0.3) is 5.91 Å². The highest BCUT2D eigenvalue weighted by atomic mass is 79.9. The van der Waals surface area contributed by atoms with Gasteiger partial charge in [-0.1, -0.05) is 40.2 Å². The molecule has 2 rings (SSSR count). The first kappa shape index (κ1) is 10.1. The van der Waals surface area contributed by atoms with E-state index in [9.17, 15) is 4.79 Å². The van der Waals surface area contributed by atoms with E-state index in [-0.39, 0.29) is 0 Å². The summed E-state index contributed by atoms with van der Waals surface area (Å²) in [6.45, 7) is 0. The fraction of sp³-hybridized carbons (Fsp3) is 0. The maximum Gasteiger partial charge on any atom is 0.275 e. The number of hydrogen-bond donors (Lipinski definition) is 2. The molecule has 2 aromatic rings. The summed E-state index contributed by atoms with van der Waals surface area (Å²) in [5, 5.41) is 10.4. The summed E-state index contributed by atoms with van der Waals surface area (Å²) < 4.78 is 0.833. The number of hydrogen-bond acceptors (Lipinski definition) is 2. The number of halogens is 1. The maximum atomic E-state index is 11.4. The Morgan fingerprint density at radius 3 is 2.53 bits per heavy atom. The van der Waals surface area contributed by atoms with Crippen LogP contribution in [-0.2, 0) is 0 Å². The molecule has 0 aliphatic rings. The average Bonchev–Trinajstić information content (AvgIpc) is 2.28. The van der Waals surface area contributed by atoms with Gasteiger partial charge < -0.3 is 0 Å². The number of fused-ring (bicyclic) bond motifs is 1. The van der Waals surface area contributed by atoms with Crippen molar-refractivity contribution in [3.05, 3.63) is 46.4 Å². The molecule has 0 fully saturated rings. The summed E-state index contributed by atoms with van der Waals surface area (Å²) in [7, 11) is 0. The third-order valence-electron chi connectivity index (χ3n) is 2.20. The van der Waals surface area contributed by atoms with Crippen molar-refractivity contribution in [1.29, 1.82) is 0 Å². The van der Waals surface area contributed by atoms with Crippen LogP contribution in [0.4, 0.5) is 0 Å². The lowest BCUT2D eigenvalue weighted by molar-refractivity contribution is 0.0708. The fourth-order valence-corrected chi connectivity index (χ4v) is 2.14. The van der Waals surface area contributed by atoms with Crippen LogP contribution in [0.1, 0.15) is 10.4 Å². The van der Waals surface area contributed by atoms with E-state index >= 15 is 0 Å². The van der Waals surface area contributed by atoms with Crippen molar-refractivity contribution in [3.8, 4) is 0 Å². The molecule has 1 amide bonds. The van der Waals surface area contributed by atoms with Crippen molar-refractivity contribution in [2.45, 2.75) is 0 Å². The summed E-state index contributed by atoms with van der Waals surface area (Å²) in [4.78, 5) is 11.4. The Balaban J connectivity index is 2.80. The SMILES string of the molecule is O=C(NO)c1cccc2cccc(Br)c12. The normalized spacial score (nSPS) is 10.3. The van der Waals surface area contributed by atoms with Gasteiger partial charge in [0.1, 0.15) is 0 Å². The predicted octanol–water partition coefficient (Wildman–Crippen LogP) is 2.72. The molecule has 0 saturated heterocycles. The molecule has 0 atom stereocenters. The Morgan fingerprint density at radius 2 is 1.87 bits per heavy atom. The van der Waals surface area contributed by atoms with Crippen molar-refractivity contribution in [1.82, 2.24) is 5.48 Å². The summed E-state index contributed by atoms with van der Waals surface area (Å²) in [5.74, 6) is -0.507. The van der Waals surface area contributed by atoms with Crippen LogP contribution in [0, 0.1) is 0 Å². The van der Waals surface area contributed by atoms with Gasteiger partial charge in [0, 0.05) is 9.86 Å². The second-order valence-electron chi connectivity index (χ2n) is 3.08. The molecule has 76 valence electrons. The van der Waals surface area contributed by atoms with Crippen LogP contribution < -0.4 is 5.48 Å². The number of hydroxylamine groups is 1. The first-order valence-corrected chi connectivity index (χ1v) is 5.15. The fourth-order valence-electron chi connectivity index (χ4n) is 1.54. The highest BCUT2D eigenvalue weighted by Gasteiger charge is 2.10. The highest BCUT2D eigenvalue weighted by Crippen LogP contribution is 2.27. The number of carbonyl (C=O) groups is 1. The Morgan fingerprint density at radius 1 is 1.20 bits per heavy atom. The molecule has 0 radical (unpaired) electrons. The minimum atomic E-state index is -0.507. The van der Waals surface area contributed by atoms with E-state index in [2.05, 4.69) is 15.9 Å². The van der Waals surface area contributed by atoms with E-state index in [1.165, 1.54) is 0 Å². The van der Waals surface area contributed by atoms with Gasteiger partial charge in [-0.05, 0) is 17.5 Å². The van der Waals surface area contributed by atoms with Crippen molar-refractivity contribution in [2.75, 3.05) is 0 Å². The van der Waals surface area contributed by atoms with Crippen molar-refractivity contribution in [2.24, 2.45) is 0 Å². The summed E-state index contributed by atoms with van der Waals surface area (Å²) in [6.07, 6.45) is 0. The Labute approximate surface area is 94.8 Å². The predicted molar refractivity (Wildman–Crippen MR) is 60.9 cm³/mol. The Hall–Kier alpha value is -1.39. The Bertz CT molecular complexity index is 520. The van der Waals surface area contributed by atoms with Gasteiger partial charge in [-0.3, -0.25) is 10.0 Å². The van der Waals surface area contributed by atoms with Crippen molar-refractivity contribution >= 4 is 32.6 Å². The third kappa shape index (κ3) is 1.73. The topological polar surface area (TPSA) is 49.3 Å². The van der Waals surface area contributed by atoms with E-state index in [0.29, 0.717) is 5.56 Å². The minimum absolute atomic E-state index is 0.447. The largest absolute Gasteiger partial charge is 0.288 e. The second kappa shape index (κ2) is 4.00. The monoisotopic (exact) mass is 265 g/mol. The van der Waals surface area contributed by atoms with Crippen LogP contribution in [-0.4, -0.2) is 11.1 Å². The van der Waals surface area contributed by atoms with Crippen LogP contribution >= 0.6 is 15.9 Å². The lowest BCUT2D eigenvalue weighted by Crippen LogP contribution is -2.18. The standard InChI is InChI=1S/C11H8BrNO2/c12-9-6-2-4-7-3-1-5-8(10(7)9)11(14)13-15/h1-6,15H,(H,13,14). The smallest absolute Gasteiger partial charge is 0.275 e. The molecule has 4 heteroatoms. The van der Waals surface area contributed by atoms with Crippen LogP contribution in [0.25, 0.3) is 10.8 Å². The number of carbonyl (C=O) groups excluding carboxylic acids is 1. The molecule has 3 nitrogen and oxygen atoms in total. The van der Waals surface area contributed by atoms with Crippen LogP contribution in [0.3, 0.4) is 0 Å². The molecular formula is C11H8BrNO2. The first-order chi connectivity index (χ1) is 7.24. The van der Waals surface area contributed by atoms with Gasteiger partial charge in [-0.2, -0.15) is 0 Å². The number of nitrogens with one attached hydrogen (secondary N) is 1. The molecule has 0 spiro atoms. The Kier molecular flexibility index (Phi) is 2.70. The number of rotatable bonds is 1. The molecule has 0 aromatic heterocycles. The van der Waals surface area contributed by atoms with Gasteiger partial charge in [-0.15, -0.1) is 0 Å². The van der Waals surface area contributed by atoms with Gasteiger partial charge in [-0.25, -0.2) is 5.48 Å². The molecule has 0 aliphatic carbocycles.